The zero-order chi connectivity index (χ0) is 23.4. The summed E-state index contributed by atoms with van der Waals surface area (Å²) in [7, 11) is 0. The molecule has 1 fully saturated rings. The van der Waals surface area contributed by atoms with Gasteiger partial charge < -0.3 is 21.4 Å². The number of nitrogens with two attached hydrogens (primary N) is 1. The molecule has 0 saturated carbocycles. The number of aromatic nitrogens is 2. The lowest BCUT2D eigenvalue weighted by atomic mass is 10.1. The van der Waals surface area contributed by atoms with Gasteiger partial charge in [-0.2, -0.15) is 0 Å². The van der Waals surface area contributed by atoms with Gasteiger partial charge in [-0.3, -0.25) is 19.3 Å². The molecule has 0 spiro atoms. The number of nitrogens with one attached hydrogen (secondary N) is 3. The maximum Gasteiger partial charge on any atom is 0.255 e. The molecule has 0 bridgehead atoms. The van der Waals surface area contributed by atoms with Gasteiger partial charge >= 0.3 is 0 Å². The third kappa shape index (κ3) is 5.56. The van der Waals surface area contributed by atoms with Gasteiger partial charge in [-0.15, -0.1) is 0 Å². The normalized spacial score (nSPS) is 16.1. The van der Waals surface area contributed by atoms with E-state index in [1.165, 1.54) is 12.8 Å². The van der Waals surface area contributed by atoms with Crippen LogP contribution in [0.15, 0.2) is 42.5 Å². The molecular formula is C24H28N6O3. The van der Waals surface area contributed by atoms with Gasteiger partial charge in [0, 0.05) is 35.8 Å². The number of nitrogens with zero attached hydrogens (tertiary/aromatic N) is 2. The quantitative estimate of drug-likeness (QED) is 0.420. The summed E-state index contributed by atoms with van der Waals surface area (Å²) in [6, 6.07) is 12.5. The predicted octanol–water partition coefficient (Wildman–Crippen LogP) is 2.40. The van der Waals surface area contributed by atoms with E-state index < -0.39 is 5.91 Å². The summed E-state index contributed by atoms with van der Waals surface area (Å²) in [5.41, 5.74) is 8.28. The molecule has 4 rings (SSSR count). The van der Waals surface area contributed by atoms with Crippen LogP contribution in [0.25, 0.3) is 11.0 Å². The van der Waals surface area contributed by atoms with Crippen LogP contribution in [-0.2, 0) is 11.3 Å². The zero-order valence-corrected chi connectivity index (χ0v) is 18.6. The SMILES string of the molecule is C[C@H]1CCCN1Cc1nc2ccc(NC(=O)c3ccc(C(=O)NCCC(N)=O)cc3)cc2[nH]1. The lowest BCUT2D eigenvalue weighted by Gasteiger charge is -2.19. The van der Waals surface area contributed by atoms with Crippen molar-refractivity contribution in [2.45, 2.75) is 38.8 Å². The number of rotatable bonds is 8. The number of likely N-dealkylation sites (tertiary alicyclic amines) is 1. The highest BCUT2D eigenvalue weighted by molar-refractivity contribution is 6.05. The van der Waals surface area contributed by atoms with E-state index in [2.05, 4.69) is 32.4 Å². The molecule has 2 aromatic carbocycles. The van der Waals surface area contributed by atoms with Crippen LogP contribution < -0.4 is 16.4 Å². The summed E-state index contributed by atoms with van der Waals surface area (Å²) in [6.07, 6.45) is 2.52. The molecule has 0 aliphatic carbocycles. The largest absolute Gasteiger partial charge is 0.370 e. The van der Waals surface area contributed by atoms with Crippen LogP contribution >= 0.6 is 0 Å². The van der Waals surface area contributed by atoms with Crippen molar-refractivity contribution in [2.24, 2.45) is 5.73 Å². The summed E-state index contributed by atoms with van der Waals surface area (Å²) in [6.45, 7) is 4.30. The first-order valence-electron chi connectivity index (χ1n) is 11.1. The Morgan fingerprint density at radius 1 is 1.12 bits per heavy atom. The Bertz CT molecular complexity index is 1170. The van der Waals surface area contributed by atoms with Gasteiger partial charge in [-0.1, -0.05) is 0 Å². The molecule has 172 valence electrons. The van der Waals surface area contributed by atoms with Crippen LogP contribution in [0.4, 0.5) is 5.69 Å². The minimum absolute atomic E-state index is 0.0752. The van der Waals surface area contributed by atoms with Gasteiger partial charge in [0.05, 0.1) is 17.6 Å². The van der Waals surface area contributed by atoms with E-state index in [1.54, 1.807) is 24.3 Å². The van der Waals surface area contributed by atoms with Crippen molar-refractivity contribution < 1.29 is 14.4 Å². The Balaban J connectivity index is 1.37. The second-order valence-corrected chi connectivity index (χ2v) is 8.38. The van der Waals surface area contributed by atoms with Crippen LogP contribution in [0.5, 0.6) is 0 Å². The van der Waals surface area contributed by atoms with Gasteiger partial charge in [0.1, 0.15) is 5.82 Å². The minimum atomic E-state index is -0.479. The van der Waals surface area contributed by atoms with Crippen molar-refractivity contribution in [3.8, 4) is 0 Å². The van der Waals surface area contributed by atoms with Gasteiger partial charge in [0.25, 0.3) is 11.8 Å². The molecule has 2 heterocycles. The number of hydrogen-bond donors (Lipinski definition) is 4. The number of anilines is 1. The van der Waals surface area contributed by atoms with Crippen LogP contribution in [0, 0.1) is 0 Å². The van der Waals surface area contributed by atoms with E-state index >= 15 is 0 Å². The number of aromatic amines is 1. The number of fused-ring (bicyclic) bond motifs is 1. The average Bonchev–Trinajstić information content (AvgIpc) is 3.38. The molecule has 33 heavy (non-hydrogen) atoms. The Morgan fingerprint density at radius 3 is 2.52 bits per heavy atom. The molecular weight excluding hydrogens is 420 g/mol. The number of carbonyl (C=O) groups excluding carboxylic acids is 3. The zero-order valence-electron chi connectivity index (χ0n) is 18.6. The molecule has 1 aliphatic rings. The lowest BCUT2D eigenvalue weighted by molar-refractivity contribution is -0.117. The number of amides is 3. The molecule has 1 atom stereocenters. The highest BCUT2D eigenvalue weighted by Crippen LogP contribution is 2.22. The molecule has 5 N–H and O–H groups in total. The monoisotopic (exact) mass is 448 g/mol. The van der Waals surface area contributed by atoms with E-state index in [4.69, 9.17) is 5.73 Å². The fraction of sp³-hybridized carbons (Fsp3) is 0.333. The molecule has 3 aromatic rings. The summed E-state index contributed by atoms with van der Waals surface area (Å²) >= 11 is 0. The van der Waals surface area contributed by atoms with Crippen molar-refractivity contribution in [2.75, 3.05) is 18.4 Å². The molecule has 1 aliphatic heterocycles. The summed E-state index contributed by atoms with van der Waals surface area (Å²) in [5, 5.41) is 5.50. The predicted molar refractivity (Wildman–Crippen MR) is 126 cm³/mol. The number of primary amides is 1. The maximum absolute atomic E-state index is 12.7. The molecule has 9 heteroatoms. The molecule has 1 saturated heterocycles. The van der Waals surface area contributed by atoms with Crippen LogP contribution in [-0.4, -0.2) is 51.7 Å². The molecule has 0 unspecified atom stereocenters. The first kappa shape index (κ1) is 22.5. The second kappa shape index (κ2) is 9.83. The molecule has 9 nitrogen and oxygen atoms in total. The van der Waals surface area contributed by atoms with Crippen molar-refractivity contribution in [3.63, 3.8) is 0 Å². The Kier molecular flexibility index (Phi) is 6.69. The Labute approximate surface area is 191 Å². The van der Waals surface area contributed by atoms with E-state index in [-0.39, 0.29) is 24.8 Å². The minimum Gasteiger partial charge on any atom is -0.370 e. The maximum atomic E-state index is 12.7. The van der Waals surface area contributed by atoms with Gasteiger partial charge in [0.15, 0.2) is 0 Å². The van der Waals surface area contributed by atoms with Gasteiger partial charge in [-0.25, -0.2) is 4.98 Å². The standard InChI is InChI=1S/C24H28N6O3/c1-15-3-2-12-30(15)14-22-28-19-9-8-18(13-20(19)29-22)27-24(33)17-6-4-16(5-7-17)23(32)26-11-10-21(25)31/h4-9,13,15H,2-3,10-12,14H2,1H3,(H2,25,31)(H,26,32)(H,27,33)(H,28,29)/t15-/m0/s1. The highest BCUT2D eigenvalue weighted by atomic mass is 16.2. The van der Waals surface area contributed by atoms with Gasteiger partial charge in [-0.05, 0) is 68.8 Å². The fourth-order valence-corrected chi connectivity index (χ4v) is 4.01. The number of hydrogen-bond acceptors (Lipinski definition) is 5. The lowest BCUT2D eigenvalue weighted by Crippen LogP contribution is -2.27. The fourth-order valence-electron chi connectivity index (χ4n) is 4.01. The summed E-state index contributed by atoms with van der Waals surface area (Å²) < 4.78 is 0. The summed E-state index contributed by atoms with van der Waals surface area (Å²) in [4.78, 5) is 45.9. The second-order valence-electron chi connectivity index (χ2n) is 8.38. The third-order valence-electron chi connectivity index (χ3n) is 5.90. The van der Waals surface area contributed by atoms with E-state index in [1.807, 2.05) is 18.2 Å². The molecule has 3 amide bonds. The highest BCUT2D eigenvalue weighted by Gasteiger charge is 2.21. The topological polar surface area (TPSA) is 133 Å². The average molecular weight is 449 g/mol. The van der Waals surface area contributed by atoms with Crippen molar-refractivity contribution >= 4 is 34.4 Å². The van der Waals surface area contributed by atoms with E-state index in [0.29, 0.717) is 22.9 Å². The third-order valence-corrected chi connectivity index (χ3v) is 5.90. The van der Waals surface area contributed by atoms with Crippen LogP contribution in [0.2, 0.25) is 0 Å². The number of H-pyrrole nitrogens is 1. The number of imidazole rings is 1. The smallest absolute Gasteiger partial charge is 0.255 e. The molecule has 0 radical (unpaired) electrons. The van der Waals surface area contributed by atoms with Gasteiger partial charge in [0.2, 0.25) is 5.91 Å². The number of carbonyl (C=O) groups is 3. The van der Waals surface area contributed by atoms with Crippen LogP contribution in [0.3, 0.4) is 0 Å². The Hall–Kier alpha value is -3.72. The van der Waals surface area contributed by atoms with E-state index in [0.717, 1.165) is 29.9 Å². The first-order chi connectivity index (χ1) is 15.9. The summed E-state index contributed by atoms with van der Waals surface area (Å²) in [5.74, 6) is -0.160. The van der Waals surface area contributed by atoms with E-state index in [9.17, 15) is 14.4 Å². The first-order valence-corrected chi connectivity index (χ1v) is 11.1. The Morgan fingerprint density at radius 2 is 1.85 bits per heavy atom. The van der Waals surface area contributed by atoms with Crippen molar-refractivity contribution in [3.05, 3.63) is 59.4 Å². The van der Waals surface area contributed by atoms with Crippen molar-refractivity contribution in [1.82, 2.24) is 20.2 Å². The van der Waals surface area contributed by atoms with Crippen molar-refractivity contribution in [1.29, 1.82) is 0 Å². The molecule has 1 aromatic heterocycles. The number of benzene rings is 2. The van der Waals surface area contributed by atoms with Crippen LogP contribution in [0.1, 0.15) is 52.7 Å².